The largest absolute Gasteiger partial charge is 0.440 e. The van der Waals surface area contributed by atoms with E-state index in [1.54, 1.807) is 6.20 Å². The van der Waals surface area contributed by atoms with E-state index in [1.165, 1.54) is 4.90 Å². The molecule has 1 aromatic heterocycles. The van der Waals surface area contributed by atoms with E-state index in [2.05, 4.69) is 9.72 Å². The molecule has 0 N–H and O–H groups in total. The number of ether oxygens (including phenoxy) is 1. The molecule has 6 nitrogen and oxygen atoms in total. The number of hydrogen-bond donors (Lipinski definition) is 0. The van der Waals surface area contributed by atoms with Gasteiger partial charge in [0.25, 0.3) is 0 Å². The maximum atomic E-state index is 13.2. The summed E-state index contributed by atoms with van der Waals surface area (Å²) < 4.78 is 40.9. The Bertz CT molecular complexity index is 691. The average Bonchev–Trinajstić information content (AvgIpc) is 3.24. The van der Waals surface area contributed by atoms with E-state index in [0.717, 1.165) is 23.6 Å². The molecule has 2 amide bonds. The van der Waals surface area contributed by atoms with Crippen LogP contribution in [-0.2, 0) is 16.1 Å². The van der Waals surface area contributed by atoms with E-state index in [-0.39, 0.29) is 31.0 Å². The Kier molecular flexibility index (Phi) is 7.26. The normalized spacial score (nSPS) is 20.5. The number of carbonyl (C=O) groups is 2. The molecule has 0 radical (unpaired) electrons. The van der Waals surface area contributed by atoms with Crippen LogP contribution in [0.2, 0.25) is 0 Å². The van der Waals surface area contributed by atoms with Gasteiger partial charge in [0.1, 0.15) is 0 Å². The van der Waals surface area contributed by atoms with Crippen LogP contribution in [0, 0.1) is 5.92 Å². The minimum atomic E-state index is -4.55. The van der Waals surface area contributed by atoms with Gasteiger partial charge in [0.2, 0.25) is 5.91 Å². The van der Waals surface area contributed by atoms with E-state index >= 15 is 0 Å². The van der Waals surface area contributed by atoms with Crippen molar-refractivity contribution < 1.29 is 27.5 Å². The van der Waals surface area contributed by atoms with Crippen molar-refractivity contribution in [2.45, 2.75) is 38.0 Å². The molecule has 0 aromatic carbocycles. The van der Waals surface area contributed by atoms with Gasteiger partial charge in [-0.3, -0.25) is 9.78 Å². The number of carbonyl (C=O) groups excluding carboxylic acids is 2. The third-order valence-corrected chi connectivity index (χ3v) is 6.29. The van der Waals surface area contributed by atoms with Crippen LogP contribution < -0.4 is 0 Å². The average molecular weight is 431 g/mol. The lowest BCUT2D eigenvalue weighted by Crippen LogP contribution is -2.47. The van der Waals surface area contributed by atoms with Gasteiger partial charge in [0, 0.05) is 37.0 Å². The maximum absolute atomic E-state index is 13.2. The molecule has 29 heavy (non-hydrogen) atoms. The number of hydrogen-bond acceptors (Lipinski definition) is 5. The van der Waals surface area contributed by atoms with Gasteiger partial charge in [-0.1, -0.05) is 6.07 Å². The van der Waals surface area contributed by atoms with Crippen molar-refractivity contribution in [2.24, 2.45) is 5.92 Å². The third kappa shape index (κ3) is 6.25. The second kappa shape index (κ2) is 9.69. The van der Waals surface area contributed by atoms with Crippen LogP contribution in [0.5, 0.6) is 0 Å². The molecule has 2 fully saturated rings. The van der Waals surface area contributed by atoms with Crippen molar-refractivity contribution in [1.82, 2.24) is 14.8 Å². The fourth-order valence-electron chi connectivity index (χ4n) is 3.60. The Hall–Kier alpha value is -1.97. The minimum Gasteiger partial charge on any atom is -0.440 e. The van der Waals surface area contributed by atoms with Crippen molar-refractivity contribution in [2.75, 3.05) is 31.2 Å². The highest BCUT2D eigenvalue weighted by Crippen LogP contribution is 2.28. The summed E-state index contributed by atoms with van der Waals surface area (Å²) in [6, 6.07) is 5.76. The summed E-state index contributed by atoms with van der Waals surface area (Å²) in [6.45, 7) is -0.728. The fourth-order valence-corrected chi connectivity index (χ4v) is 4.82. The second-order valence-electron chi connectivity index (χ2n) is 7.24. The van der Waals surface area contributed by atoms with Crippen molar-refractivity contribution >= 4 is 23.8 Å². The Morgan fingerprint density at radius 3 is 2.59 bits per heavy atom. The molecule has 1 aromatic rings. The lowest BCUT2D eigenvalue weighted by atomic mass is 9.94. The minimum absolute atomic E-state index is 0.0338. The quantitative estimate of drug-likeness (QED) is 0.716. The lowest BCUT2D eigenvalue weighted by Gasteiger charge is -2.36. The Morgan fingerprint density at radius 1 is 1.24 bits per heavy atom. The summed E-state index contributed by atoms with van der Waals surface area (Å²) in [4.78, 5) is 32.5. The molecule has 3 rings (SSSR count). The van der Waals surface area contributed by atoms with E-state index in [4.69, 9.17) is 0 Å². The number of aromatic nitrogens is 1. The number of pyridine rings is 1. The fraction of sp³-hybridized carbons (Fsp3) is 0.632. The van der Waals surface area contributed by atoms with Gasteiger partial charge >= 0.3 is 12.3 Å². The molecule has 1 atom stereocenters. The van der Waals surface area contributed by atoms with Gasteiger partial charge < -0.3 is 14.5 Å². The molecule has 0 bridgehead atoms. The number of piperidine rings is 1. The summed E-state index contributed by atoms with van der Waals surface area (Å²) >= 11 is 1.82. The number of nitrogens with zero attached hydrogens (tertiary/aromatic N) is 3. The Morgan fingerprint density at radius 2 is 2.00 bits per heavy atom. The van der Waals surface area contributed by atoms with Crippen LogP contribution in [-0.4, -0.2) is 70.2 Å². The van der Waals surface area contributed by atoms with Crippen LogP contribution in [0.4, 0.5) is 18.0 Å². The van der Waals surface area contributed by atoms with Crippen LogP contribution in [0.25, 0.3) is 0 Å². The summed E-state index contributed by atoms with van der Waals surface area (Å²) in [5, 5.41) is 0. The van der Waals surface area contributed by atoms with Crippen LogP contribution in [0.1, 0.15) is 25.0 Å². The molecular weight excluding hydrogens is 407 g/mol. The summed E-state index contributed by atoms with van der Waals surface area (Å²) in [7, 11) is 0. The number of likely N-dealkylation sites (tertiary alicyclic amines) is 1. The first-order valence-electron chi connectivity index (χ1n) is 9.60. The topological polar surface area (TPSA) is 62.7 Å². The molecule has 2 aliphatic rings. The number of thioether (sulfide) groups is 1. The SMILES string of the molecule is O=C(OCC(F)(F)F)N1CCC(C(=O)N(Cc2ccccn2)[C@H]2CCSC2)CC1. The molecular formula is C19H24F3N3O3S. The summed E-state index contributed by atoms with van der Waals surface area (Å²) in [5.74, 6) is 1.68. The number of amides is 2. The van der Waals surface area contributed by atoms with Crippen molar-refractivity contribution in [1.29, 1.82) is 0 Å². The summed E-state index contributed by atoms with van der Waals surface area (Å²) in [5.41, 5.74) is 0.825. The first-order chi connectivity index (χ1) is 13.8. The molecule has 10 heteroatoms. The number of alkyl halides is 3. The van der Waals surface area contributed by atoms with E-state index in [9.17, 15) is 22.8 Å². The lowest BCUT2D eigenvalue weighted by molar-refractivity contribution is -0.162. The van der Waals surface area contributed by atoms with E-state index in [1.807, 2.05) is 34.9 Å². The van der Waals surface area contributed by atoms with Crippen molar-refractivity contribution in [3.63, 3.8) is 0 Å². The maximum Gasteiger partial charge on any atom is 0.422 e. The zero-order chi connectivity index (χ0) is 20.9. The monoisotopic (exact) mass is 431 g/mol. The first kappa shape index (κ1) is 21.7. The Balaban J connectivity index is 1.57. The smallest absolute Gasteiger partial charge is 0.422 e. The highest BCUT2D eigenvalue weighted by atomic mass is 32.2. The second-order valence-corrected chi connectivity index (χ2v) is 8.39. The molecule has 0 aliphatic carbocycles. The van der Waals surface area contributed by atoms with E-state index in [0.29, 0.717) is 19.4 Å². The zero-order valence-corrected chi connectivity index (χ0v) is 16.8. The predicted octanol–water partition coefficient (Wildman–Crippen LogP) is 3.33. The highest BCUT2D eigenvalue weighted by Gasteiger charge is 2.36. The first-order valence-corrected chi connectivity index (χ1v) is 10.8. The third-order valence-electron chi connectivity index (χ3n) is 5.15. The molecule has 3 heterocycles. The summed E-state index contributed by atoms with van der Waals surface area (Å²) in [6.07, 6.45) is -2.06. The van der Waals surface area contributed by atoms with Gasteiger partial charge in [0.15, 0.2) is 6.61 Å². The van der Waals surface area contributed by atoms with Crippen molar-refractivity contribution in [3.05, 3.63) is 30.1 Å². The van der Waals surface area contributed by atoms with Crippen LogP contribution in [0.15, 0.2) is 24.4 Å². The predicted molar refractivity (Wildman–Crippen MR) is 102 cm³/mol. The van der Waals surface area contributed by atoms with Crippen LogP contribution >= 0.6 is 11.8 Å². The molecule has 160 valence electrons. The van der Waals surface area contributed by atoms with Gasteiger partial charge in [0.05, 0.1) is 12.2 Å². The standard InChI is InChI=1S/C19H24F3N3O3S/c20-19(21,22)13-28-18(27)24-8-4-14(5-9-24)17(26)25(16-6-10-29-12-16)11-15-3-1-2-7-23-15/h1-3,7,14,16H,4-6,8-13H2/t16-/m0/s1. The molecule has 0 spiro atoms. The molecule has 2 aliphatic heterocycles. The van der Waals surface area contributed by atoms with Gasteiger partial charge in [-0.05, 0) is 37.1 Å². The molecule has 2 saturated heterocycles. The van der Waals surface area contributed by atoms with E-state index < -0.39 is 18.9 Å². The number of rotatable bonds is 5. The highest BCUT2D eigenvalue weighted by molar-refractivity contribution is 7.99. The van der Waals surface area contributed by atoms with Crippen LogP contribution in [0.3, 0.4) is 0 Å². The zero-order valence-electron chi connectivity index (χ0n) is 15.9. The van der Waals surface area contributed by atoms with Gasteiger partial charge in [-0.25, -0.2) is 4.79 Å². The molecule has 0 unspecified atom stereocenters. The van der Waals surface area contributed by atoms with Gasteiger partial charge in [-0.15, -0.1) is 0 Å². The van der Waals surface area contributed by atoms with Crippen molar-refractivity contribution in [3.8, 4) is 0 Å². The number of halogens is 3. The Labute approximate surface area is 171 Å². The van der Waals surface area contributed by atoms with Gasteiger partial charge in [-0.2, -0.15) is 24.9 Å². The molecule has 0 saturated carbocycles.